The highest BCUT2D eigenvalue weighted by Gasteiger charge is 2.14. The van der Waals surface area contributed by atoms with Crippen molar-refractivity contribution in [3.8, 4) is 5.75 Å². The molecule has 0 aliphatic heterocycles. The predicted molar refractivity (Wildman–Crippen MR) is 124 cm³/mol. The molecule has 0 fully saturated rings. The molecule has 1 amide bonds. The van der Waals surface area contributed by atoms with E-state index in [0.29, 0.717) is 5.69 Å². The number of halogens is 1. The van der Waals surface area contributed by atoms with E-state index in [1.807, 2.05) is 18.2 Å². The molecule has 0 spiro atoms. The Labute approximate surface area is 198 Å². The molecular weight excluding hydrogens is 488 g/mol. The number of nitrogens with one attached hydrogen (secondary N) is 3. The molecule has 0 unspecified atom stereocenters. The maximum absolute atomic E-state index is 12.4. The van der Waals surface area contributed by atoms with Crippen molar-refractivity contribution in [2.45, 2.75) is 10.1 Å². The van der Waals surface area contributed by atoms with Gasteiger partial charge in [0.25, 0.3) is 0 Å². The Morgan fingerprint density at radius 1 is 1.18 bits per heavy atom. The molecule has 0 aliphatic rings. The number of benzene rings is 2. The van der Waals surface area contributed by atoms with Crippen LogP contribution in [0.1, 0.15) is 0 Å². The molecule has 4 aromatic rings. The molecule has 0 radical (unpaired) electrons. The van der Waals surface area contributed by atoms with Crippen LogP contribution in [0.3, 0.4) is 0 Å². The molecule has 0 saturated heterocycles. The Balaban J connectivity index is 1.34. The monoisotopic (exact) mass is 504 g/mol. The maximum atomic E-state index is 12.4. The Kier molecular flexibility index (Phi) is 6.67. The number of carbonyl (C=O) groups is 1. The minimum atomic E-state index is -3.99. The molecule has 4 rings (SSSR count). The highest BCUT2D eigenvalue weighted by atomic mass is 35.5. The number of amides is 1. The number of hydrogen-bond donors (Lipinski definition) is 2. The summed E-state index contributed by atoms with van der Waals surface area (Å²) in [5, 5.41) is 10.8. The van der Waals surface area contributed by atoms with Crippen molar-refractivity contribution in [3.63, 3.8) is 0 Å². The molecule has 2 aromatic heterocycles. The minimum absolute atomic E-state index is 0.0465. The third-order valence-electron chi connectivity index (χ3n) is 4.34. The Morgan fingerprint density at radius 3 is 2.67 bits per heavy atom. The van der Waals surface area contributed by atoms with Gasteiger partial charge in [-0.1, -0.05) is 17.7 Å². The number of hydrogen-bond acceptors (Lipinski definition) is 7. The topological polar surface area (TPSA) is 142 Å². The normalized spacial score (nSPS) is 11.3. The average molecular weight is 505 g/mol. The van der Waals surface area contributed by atoms with Crippen molar-refractivity contribution in [2.75, 3.05) is 18.2 Å². The number of methoxy groups -OCH3 is 1. The lowest BCUT2D eigenvalue weighted by molar-refractivity contribution is -0.396. The number of rotatable bonds is 8. The fourth-order valence-electron chi connectivity index (χ4n) is 2.79. The van der Waals surface area contributed by atoms with Crippen molar-refractivity contribution >= 4 is 61.8 Å². The molecule has 2 heterocycles. The molecule has 3 N–H and O–H groups in total. The summed E-state index contributed by atoms with van der Waals surface area (Å²) < 4.78 is 33.7. The van der Waals surface area contributed by atoms with Crippen LogP contribution in [0.5, 0.6) is 5.75 Å². The van der Waals surface area contributed by atoms with E-state index in [9.17, 15) is 13.2 Å². The summed E-state index contributed by atoms with van der Waals surface area (Å²) in [6, 6.07) is 14.0. The van der Waals surface area contributed by atoms with Crippen LogP contribution >= 0.6 is 23.4 Å². The lowest BCUT2D eigenvalue weighted by Gasteiger charge is -2.15. The average Bonchev–Trinajstić information content (AvgIpc) is 3.21. The van der Waals surface area contributed by atoms with Crippen LogP contribution in [0, 0.1) is 0 Å². The van der Waals surface area contributed by atoms with E-state index in [-0.39, 0.29) is 27.5 Å². The molecule has 0 aliphatic carbocycles. The number of ether oxygens (including phenoxy) is 1. The maximum Gasteiger partial charge on any atom is 0.315 e. The number of aromatic nitrogens is 4. The highest BCUT2D eigenvalue weighted by molar-refractivity contribution is 7.99. The van der Waals surface area contributed by atoms with E-state index in [4.69, 9.17) is 16.3 Å². The number of fused-ring (bicyclic) bond motifs is 1. The van der Waals surface area contributed by atoms with Gasteiger partial charge < -0.3 is 19.9 Å². The third kappa shape index (κ3) is 5.72. The van der Waals surface area contributed by atoms with E-state index < -0.39 is 10.0 Å². The number of H-pyrrole nitrogens is 2. The lowest BCUT2D eigenvalue weighted by atomic mass is 10.3. The smallest absolute Gasteiger partial charge is 0.315 e. The van der Waals surface area contributed by atoms with Crippen LogP contribution in [0.25, 0.3) is 15.8 Å². The first-order valence-electron chi connectivity index (χ1n) is 9.41. The summed E-state index contributed by atoms with van der Waals surface area (Å²) in [5.41, 5.74) is 2.21. The molecule has 10 nitrogen and oxygen atoms in total. The fourth-order valence-corrected chi connectivity index (χ4v) is 4.53. The predicted octanol–water partition coefficient (Wildman–Crippen LogP) is 3.56. The first kappa shape index (κ1) is 22.8. The van der Waals surface area contributed by atoms with Crippen LogP contribution < -0.4 is 15.0 Å². The van der Waals surface area contributed by atoms with Crippen molar-refractivity contribution in [1.29, 1.82) is 0 Å². The number of carbonyl (C=O) groups excluding carboxylic acids is 1. The van der Waals surface area contributed by atoms with Gasteiger partial charge in [-0.2, -0.15) is 0 Å². The van der Waals surface area contributed by atoms with Crippen LogP contribution in [-0.2, 0) is 14.8 Å². The Bertz CT molecular complexity index is 1390. The molecule has 2 aromatic carbocycles. The van der Waals surface area contributed by atoms with Gasteiger partial charge in [0.05, 0.1) is 17.8 Å². The van der Waals surface area contributed by atoms with Crippen LogP contribution in [0.2, 0.25) is 5.15 Å². The molecular formula is C20H17ClN6O4S2. The minimum Gasteiger partial charge on any atom is -0.497 e. The zero-order chi connectivity index (χ0) is 23.4. The zero-order valence-corrected chi connectivity index (χ0v) is 19.5. The first-order valence-corrected chi connectivity index (χ1v) is 12.2. The number of imidazole rings is 1. The Hall–Kier alpha value is -3.35. The van der Waals surface area contributed by atoms with Gasteiger partial charge in [0.1, 0.15) is 10.9 Å². The first-order chi connectivity index (χ1) is 15.8. The van der Waals surface area contributed by atoms with Crippen LogP contribution in [0.15, 0.2) is 64.6 Å². The second-order valence-electron chi connectivity index (χ2n) is 6.63. The molecule has 170 valence electrons. The molecule has 0 bridgehead atoms. The lowest BCUT2D eigenvalue weighted by Crippen LogP contribution is -2.15. The summed E-state index contributed by atoms with van der Waals surface area (Å²) in [4.78, 5) is 18.6. The quantitative estimate of drug-likeness (QED) is 0.349. The van der Waals surface area contributed by atoms with Gasteiger partial charge in [-0.05, 0) is 60.0 Å². The van der Waals surface area contributed by atoms with Gasteiger partial charge in [-0.3, -0.25) is 4.79 Å². The van der Waals surface area contributed by atoms with Gasteiger partial charge in [0.2, 0.25) is 15.9 Å². The number of thioether (sulfide) groups is 1. The third-order valence-corrected chi connectivity index (χ3v) is 6.73. The van der Waals surface area contributed by atoms with Crippen molar-refractivity contribution < 1.29 is 22.9 Å². The SMILES string of the molecule is COc1ccc2[nH+]c(SCC(=O)Nc3ccc(S(=O)(=O)[N-]c4ccc(Cl)nn4)cc3)[nH]c2c1. The van der Waals surface area contributed by atoms with E-state index >= 15 is 0 Å². The second kappa shape index (κ2) is 9.65. The van der Waals surface area contributed by atoms with E-state index in [2.05, 4.69) is 30.2 Å². The number of aromatic amines is 2. The largest absolute Gasteiger partial charge is 0.497 e. The van der Waals surface area contributed by atoms with Crippen LogP contribution in [-0.4, -0.2) is 42.4 Å². The van der Waals surface area contributed by atoms with Gasteiger partial charge in [0.15, 0.2) is 11.0 Å². The number of sulfonamides is 1. The van der Waals surface area contributed by atoms with Gasteiger partial charge in [-0.15, -0.1) is 0 Å². The second-order valence-corrected chi connectivity index (χ2v) is 9.61. The van der Waals surface area contributed by atoms with E-state index in [1.54, 1.807) is 7.11 Å². The number of nitrogens with zero attached hydrogens (tertiary/aromatic N) is 3. The standard InChI is InChI=1S/C20H17ClN6O4S2/c1-31-13-4-7-15-16(10-13)24-20(23-15)32-11-19(28)22-12-2-5-14(6-3-12)33(29,30)27-18-9-8-17(21)25-26-18/h2-10H,11H2,1H3,(H3,22,23,24,26,27,28). The van der Waals surface area contributed by atoms with E-state index in [1.165, 1.54) is 48.2 Å². The van der Waals surface area contributed by atoms with Crippen molar-refractivity contribution in [2.24, 2.45) is 0 Å². The van der Waals surface area contributed by atoms with Crippen molar-refractivity contribution in [3.05, 3.63) is 64.5 Å². The van der Waals surface area contributed by atoms with E-state index in [0.717, 1.165) is 21.9 Å². The Morgan fingerprint density at radius 2 is 1.97 bits per heavy atom. The summed E-state index contributed by atoms with van der Waals surface area (Å²) in [6.45, 7) is 0. The van der Waals surface area contributed by atoms with Gasteiger partial charge in [0, 0.05) is 11.8 Å². The summed E-state index contributed by atoms with van der Waals surface area (Å²) in [6.07, 6.45) is 0. The van der Waals surface area contributed by atoms with Gasteiger partial charge >= 0.3 is 5.16 Å². The zero-order valence-electron chi connectivity index (χ0n) is 17.1. The van der Waals surface area contributed by atoms with Gasteiger partial charge in [-0.25, -0.2) is 23.5 Å². The number of anilines is 1. The summed E-state index contributed by atoms with van der Waals surface area (Å²) in [5.74, 6) is 0.541. The summed E-state index contributed by atoms with van der Waals surface area (Å²) >= 11 is 6.94. The van der Waals surface area contributed by atoms with Crippen LogP contribution in [0.4, 0.5) is 11.5 Å². The summed E-state index contributed by atoms with van der Waals surface area (Å²) in [7, 11) is -2.39. The molecule has 0 atom stereocenters. The molecule has 13 heteroatoms. The fraction of sp³-hybridized carbons (Fsp3) is 0.100. The van der Waals surface area contributed by atoms with Crippen molar-refractivity contribution in [1.82, 2.24) is 15.2 Å². The molecule has 0 saturated carbocycles. The highest BCUT2D eigenvalue weighted by Crippen LogP contribution is 2.27. The molecule has 33 heavy (non-hydrogen) atoms.